The van der Waals surface area contributed by atoms with E-state index in [4.69, 9.17) is 9.26 Å². The van der Waals surface area contributed by atoms with Crippen LogP contribution in [0, 0.1) is 5.92 Å². The minimum absolute atomic E-state index is 0.255. The molecule has 2 aromatic heterocycles. The molecule has 0 bridgehead atoms. The van der Waals surface area contributed by atoms with E-state index in [0.717, 1.165) is 25.5 Å². The van der Waals surface area contributed by atoms with Gasteiger partial charge in [-0.25, -0.2) is 0 Å². The molecule has 1 atom stereocenters. The quantitative estimate of drug-likeness (QED) is 0.486. The van der Waals surface area contributed by atoms with Gasteiger partial charge < -0.3 is 19.9 Å². The lowest BCUT2D eigenvalue weighted by molar-refractivity contribution is 0.0258. The average molecular weight is 374 g/mol. The minimum atomic E-state index is 0.255. The highest BCUT2D eigenvalue weighted by Crippen LogP contribution is 2.13. The van der Waals surface area contributed by atoms with Gasteiger partial charge in [0.15, 0.2) is 11.8 Å². The summed E-state index contributed by atoms with van der Waals surface area (Å²) in [5, 5.41) is 10.6. The maximum Gasteiger partial charge on any atom is 0.276 e. The van der Waals surface area contributed by atoms with Crippen LogP contribution in [0.2, 0.25) is 0 Å². The maximum absolute atomic E-state index is 5.76. The van der Waals surface area contributed by atoms with Crippen LogP contribution in [-0.4, -0.2) is 53.9 Å². The number of aliphatic imine (C=N–C) groups is 1. The van der Waals surface area contributed by atoms with Crippen molar-refractivity contribution in [1.29, 1.82) is 0 Å². The Bertz CT molecular complexity index is 687. The van der Waals surface area contributed by atoms with Crippen molar-refractivity contribution in [2.45, 2.75) is 39.7 Å². The number of ether oxygens (including phenoxy) is 1. The van der Waals surface area contributed by atoms with E-state index in [9.17, 15) is 0 Å². The van der Waals surface area contributed by atoms with Crippen molar-refractivity contribution in [1.82, 2.24) is 25.8 Å². The largest absolute Gasteiger partial charge is 0.378 e. The predicted octanol–water partition coefficient (Wildman–Crippen LogP) is 2.29. The Morgan fingerprint density at radius 1 is 1.26 bits per heavy atom. The molecule has 0 aliphatic heterocycles. The zero-order chi connectivity index (χ0) is 19.5. The molecule has 148 valence electrons. The molecule has 8 nitrogen and oxygen atoms in total. The van der Waals surface area contributed by atoms with Crippen LogP contribution in [-0.2, 0) is 11.2 Å². The Kier molecular flexibility index (Phi) is 8.70. The monoisotopic (exact) mass is 374 g/mol. The van der Waals surface area contributed by atoms with Crippen LogP contribution in [0.25, 0.3) is 11.6 Å². The Hall–Kier alpha value is -2.48. The molecular formula is C19H30N6O2. The van der Waals surface area contributed by atoms with E-state index in [1.165, 1.54) is 0 Å². The summed E-state index contributed by atoms with van der Waals surface area (Å²) in [6, 6.07) is 5.58. The lowest BCUT2D eigenvalue weighted by atomic mass is 10.0. The molecule has 0 aliphatic carbocycles. The van der Waals surface area contributed by atoms with Crippen molar-refractivity contribution >= 4 is 5.96 Å². The van der Waals surface area contributed by atoms with Crippen molar-refractivity contribution in [3.63, 3.8) is 0 Å². The van der Waals surface area contributed by atoms with Gasteiger partial charge >= 0.3 is 0 Å². The molecular weight excluding hydrogens is 344 g/mol. The van der Waals surface area contributed by atoms with Crippen molar-refractivity contribution in [2.75, 3.05) is 26.7 Å². The first-order chi connectivity index (χ1) is 13.1. The normalized spacial score (nSPS) is 13.0. The van der Waals surface area contributed by atoms with Crippen LogP contribution in [0.4, 0.5) is 0 Å². The number of hydrogen-bond acceptors (Lipinski definition) is 6. The van der Waals surface area contributed by atoms with E-state index in [1.54, 1.807) is 13.2 Å². The lowest BCUT2D eigenvalue weighted by Gasteiger charge is -2.21. The highest BCUT2D eigenvalue weighted by molar-refractivity contribution is 5.79. The van der Waals surface area contributed by atoms with Crippen molar-refractivity contribution in [2.24, 2.45) is 10.9 Å². The second-order valence-corrected chi connectivity index (χ2v) is 6.43. The van der Waals surface area contributed by atoms with Crippen LogP contribution < -0.4 is 10.6 Å². The summed E-state index contributed by atoms with van der Waals surface area (Å²) >= 11 is 0. The van der Waals surface area contributed by atoms with E-state index in [2.05, 4.69) is 44.6 Å². The second kappa shape index (κ2) is 11.3. The van der Waals surface area contributed by atoms with Crippen LogP contribution in [0.1, 0.15) is 33.0 Å². The zero-order valence-corrected chi connectivity index (χ0v) is 16.6. The van der Waals surface area contributed by atoms with E-state index in [1.807, 2.05) is 25.1 Å². The van der Waals surface area contributed by atoms with Gasteiger partial charge in [0.05, 0.1) is 6.10 Å². The average Bonchev–Trinajstić information content (AvgIpc) is 3.15. The van der Waals surface area contributed by atoms with Gasteiger partial charge in [-0.05, 0) is 31.4 Å². The van der Waals surface area contributed by atoms with Crippen LogP contribution in [0.15, 0.2) is 33.9 Å². The highest BCUT2D eigenvalue weighted by atomic mass is 16.5. The molecule has 0 aromatic carbocycles. The topological polar surface area (TPSA) is 97.5 Å². The van der Waals surface area contributed by atoms with Gasteiger partial charge in [-0.15, -0.1) is 0 Å². The van der Waals surface area contributed by atoms with Crippen LogP contribution >= 0.6 is 0 Å². The van der Waals surface area contributed by atoms with Crippen LogP contribution in [0.3, 0.4) is 0 Å². The Morgan fingerprint density at radius 3 is 2.74 bits per heavy atom. The van der Waals surface area contributed by atoms with Gasteiger partial charge in [0.1, 0.15) is 5.69 Å². The third-order valence-corrected chi connectivity index (χ3v) is 4.06. The molecule has 0 fully saturated rings. The molecule has 2 aromatic rings. The van der Waals surface area contributed by atoms with E-state index < -0.39 is 0 Å². The fourth-order valence-electron chi connectivity index (χ4n) is 2.62. The summed E-state index contributed by atoms with van der Waals surface area (Å²) in [6.07, 6.45) is 3.52. The van der Waals surface area contributed by atoms with E-state index in [-0.39, 0.29) is 6.10 Å². The molecule has 0 radical (unpaired) electrons. The number of nitrogens with zero attached hydrogens (tertiary/aromatic N) is 4. The molecule has 27 heavy (non-hydrogen) atoms. The molecule has 0 saturated carbocycles. The third kappa shape index (κ3) is 6.97. The standard InChI is InChI=1S/C19H30N6O2/c1-5-26-16(14(2)3)9-12-22-19(20-4)23-13-10-17-24-18(27-25-17)15-8-6-7-11-21-15/h6-8,11,14,16H,5,9-10,12-13H2,1-4H3,(H2,20,22,23). The summed E-state index contributed by atoms with van der Waals surface area (Å²) in [6.45, 7) is 8.57. The first kappa shape index (κ1) is 20.8. The van der Waals surface area contributed by atoms with Crippen LogP contribution in [0.5, 0.6) is 0 Å². The summed E-state index contributed by atoms with van der Waals surface area (Å²) in [7, 11) is 1.76. The van der Waals surface area contributed by atoms with Gasteiger partial charge in [-0.2, -0.15) is 4.98 Å². The molecule has 8 heteroatoms. The molecule has 2 N–H and O–H groups in total. The molecule has 0 amide bonds. The smallest absolute Gasteiger partial charge is 0.276 e. The fourth-order valence-corrected chi connectivity index (χ4v) is 2.62. The number of hydrogen-bond donors (Lipinski definition) is 2. The second-order valence-electron chi connectivity index (χ2n) is 6.43. The molecule has 1 unspecified atom stereocenters. The molecule has 2 rings (SSSR count). The highest BCUT2D eigenvalue weighted by Gasteiger charge is 2.13. The molecule has 0 saturated heterocycles. The van der Waals surface area contributed by atoms with Gasteiger partial charge in [0, 0.05) is 39.4 Å². The number of aromatic nitrogens is 3. The van der Waals surface area contributed by atoms with Crippen molar-refractivity contribution in [3.05, 3.63) is 30.2 Å². The van der Waals surface area contributed by atoms with Crippen molar-refractivity contribution < 1.29 is 9.26 Å². The predicted molar refractivity (Wildman–Crippen MR) is 105 cm³/mol. The third-order valence-electron chi connectivity index (χ3n) is 4.06. The fraction of sp³-hybridized carbons (Fsp3) is 0.579. The van der Waals surface area contributed by atoms with Crippen molar-refractivity contribution in [3.8, 4) is 11.6 Å². The molecule has 2 heterocycles. The van der Waals surface area contributed by atoms with Gasteiger partial charge in [-0.3, -0.25) is 9.98 Å². The Balaban J connectivity index is 1.73. The number of nitrogens with one attached hydrogen (secondary N) is 2. The zero-order valence-electron chi connectivity index (χ0n) is 16.6. The summed E-state index contributed by atoms with van der Waals surface area (Å²) < 4.78 is 11.0. The lowest BCUT2D eigenvalue weighted by Crippen LogP contribution is -2.40. The summed E-state index contributed by atoms with van der Waals surface area (Å²) in [4.78, 5) is 12.8. The minimum Gasteiger partial charge on any atom is -0.378 e. The summed E-state index contributed by atoms with van der Waals surface area (Å²) in [5.74, 6) is 2.31. The first-order valence-corrected chi connectivity index (χ1v) is 9.44. The number of guanidine groups is 1. The Morgan fingerprint density at radius 2 is 2.07 bits per heavy atom. The van der Waals surface area contributed by atoms with Gasteiger partial charge in [0.2, 0.25) is 0 Å². The summed E-state index contributed by atoms with van der Waals surface area (Å²) in [5.41, 5.74) is 0.677. The van der Waals surface area contributed by atoms with E-state index in [0.29, 0.717) is 36.3 Å². The van der Waals surface area contributed by atoms with E-state index >= 15 is 0 Å². The Labute approximate surface area is 160 Å². The molecule has 0 aliphatic rings. The SMILES string of the molecule is CCOC(CCNC(=NC)NCCc1noc(-c2ccccn2)n1)C(C)C. The number of rotatable bonds is 10. The molecule has 0 spiro atoms. The number of pyridine rings is 1. The maximum atomic E-state index is 5.76. The van der Waals surface area contributed by atoms with Gasteiger partial charge in [-0.1, -0.05) is 25.1 Å². The van der Waals surface area contributed by atoms with Gasteiger partial charge in [0.25, 0.3) is 5.89 Å². The first-order valence-electron chi connectivity index (χ1n) is 9.44.